The molecule has 7 nitrogen and oxygen atoms in total. The van der Waals surface area contributed by atoms with E-state index in [9.17, 15) is 9.59 Å². The molecule has 0 aliphatic heterocycles. The van der Waals surface area contributed by atoms with Crippen LogP contribution in [0.15, 0.2) is 22.6 Å². The Morgan fingerprint density at radius 2 is 1.84 bits per heavy atom. The van der Waals surface area contributed by atoms with Gasteiger partial charge in [-0.1, -0.05) is 11.6 Å². The molecule has 0 saturated heterocycles. The highest BCUT2D eigenvalue weighted by Crippen LogP contribution is 2.36. The summed E-state index contributed by atoms with van der Waals surface area (Å²) < 4.78 is 15.9. The van der Waals surface area contributed by atoms with Crippen LogP contribution in [0, 0.1) is 13.8 Å². The van der Waals surface area contributed by atoms with Gasteiger partial charge in [0.2, 0.25) is 0 Å². The lowest BCUT2D eigenvalue weighted by atomic mass is 10.2. The molecule has 0 saturated carbocycles. The molecule has 1 heterocycles. The van der Waals surface area contributed by atoms with Gasteiger partial charge in [0.1, 0.15) is 11.5 Å². The fourth-order valence-corrected chi connectivity index (χ4v) is 2.51. The molecule has 0 aliphatic rings. The summed E-state index contributed by atoms with van der Waals surface area (Å²) >= 11 is 6.13. The number of ether oxygens (including phenoxy) is 2. The Morgan fingerprint density at radius 1 is 1.16 bits per heavy atom. The van der Waals surface area contributed by atoms with Crippen molar-refractivity contribution in [3.63, 3.8) is 0 Å². The van der Waals surface area contributed by atoms with E-state index in [1.807, 2.05) is 6.92 Å². The molecule has 2 aromatic rings. The molecule has 0 radical (unpaired) electrons. The first-order valence-electron chi connectivity index (χ1n) is 7.55. The molecule has 2 rings (SSSR count). The van der Waals surface area contributed by atoms with E-state index in [0.717, 1.165) is 0 Å². The summed E-state index contributed by atoms with van der Waals surface area (Å²) in [4.78, 5) is 24.3. The van der Waals surface area contributed by atoms with Crippen molar-refractivity contribution in [2.45, 2.75) is 20.8 Å². The van der Waals surface area contributed by atoms with Crippen LogP contribution >= 0.6 is 11.6 Å². The number of aryl methyl sites for hydroxylation is 2. The molecule has 0 bridgehead atoms. The maximum absolute atomic E-state index is 12.3. The van der Waals surface area contributed by atoms with Crippen molar-refractivity contribution in [3.8, 4) is 11.5 Å². The van der Waals surface area contributed by atoms with Gasteiger partial charge in [0.15, 0.2) is 11.5 Å². The van der Waals surface area contributed by atoms with Crippen molar-refractivity contribution in [2.75, 3.05) is 13.7 Å². The van der Waals surface area contributed by atoms with Gasteiger partial charge in [-0.3, -0.25) is 20.4 Å². The van der Waals surface area contributed by atoms with E-state index in [2.05, 4.69) is 10.9 Å². The first-order chi connectivity index (χ1) is 11.9. The number of hydrogen-bond donors (Lipinski definition) is 2. The minimum Gasteiger partial charge on any atom is -0.493 e. The molecule has 25 heavy (non-hydrogen) atoms. The summed E-state index contributed by atoms with van der Waals surface area (Å²) in [6.45, 7) is 5.62. The van der Waals surface area contributed by atoms with Gasteiger partial charge in [0.05, 0.1) is 24.3 Å². The zero-order valence-electron chi connectivity index (χ0n) is 14.4. The molecular formula is C17H19ClN2O5. The zero-order valence-corrected chi connectivity index (χ0v) is 15.1. The van der Waals surface area contributed by atoms with Gasteiger partial charge in [0.25, 0.3) is 11.8 Å². The Kier molecular flexibility index (Phi) is 5.93. The van der Waals surface area contributed by atoms with E-state index < -0.39 is 11.8 Å². The third-order valence-corrected chi connectivity index (χ3v) is 3.64. The Bertz CT molecular complexity index is 801. The van der Waals surface area contributed by atoms with Crippen LogP contribution in [0.4, 0.5) is 0 Å². The Hall–Kier alpha value is -2.67. The van der Waals surface area contributed by atoms with E-state index in [4.69, 9.17) is 25.5 Å². The van der Waals surface area contributed by atoms with Gasteiger partial charge >= 0.3 is 0 Å². The molecule has 0 aliphatic carbocycles. The number of benzene rings is 1. The summed E-state index contributed by atoms with van der Waals surface area (Å²) in [5.74, 6) is 0.733. The van der Waals surface area contributed by atoms with Gasteiger partial charge in [0, 0.05) is 5.56 Å². The van der Waals surface area contributed by atoms with Gasteiger partial charge in [-0.2, -0.15) is 0 Å². The third-order valence-electron chi connectivity index (χ3n) is 3.36. The number of methoxy groups -OCH3 is 1. The molecule has 0 spiro atoms. The molecule has 2 amide bonds. The fourth-order valence-electron chi connectivity index (χ4n) is 2.24. The Balaban J connectivity index is 2.12. The smallest absolute Gasteiger partial charge is 0.273 e. The normalized spacial score (nSPS) is 10.3. The quantitative estimate of drug-likeness (QED) is 0.794. The average molecular weight is 367 g/mol. The number of furan rings is 1. The minimum absolute atomic E-state index is 0.214. The number of rotatable bonds is 5. The van der Waals surface area contributed by atoms with Gasteiger partial charge in [-0.05, 0) is 39.0 Å². The van der Waals surface area contributed by atoms with Crippen LogP contribution in [0.1, 0.15) is 39.2 Å². The maximum atomic E-state index is 12.3. The summed E-state index contributed by atoms with van der Waals surface area (Å²) in [5, 5.41) is 0.235. The summed E-state index contributed by atoms with van der Waals surface area (Å²) in [7, 11) is 1.45. The van der Waals surface area contributed by atoms with E-state index in [1.54, 1.807) is 19.9 Å². The number of carbonyl (C=O) groups excluding carboxylic acids is 2. The number of halogens is 1. The number of carbonyl (C=O) groups is 2. The lowest BCUT2D eigenvalue weighted by Gasteiger charge is -2.13. The second-order valence-electron chi connectivity index (χ2n) is 5.16. The monoisotopic (exact) mass is 366 g/mol. The average Bonchev–Trinajstić information content (AvgIpc) is 2.92. The molecular weight excluding hydrogens is 348 g/mol. The van der Waals surface area contributed by atoms with E-state index >= 15 is 0 Å². The predicted octanol–water partition coefficient (Wildman–Crippen LogP) is 3.03. The lowest BCUT2D eigenvalue weighted by molar-refractivity contribution is 0.0845. The van der Waals surface area contributed by atoms with Crippen molar-refractivity contribution in [1.29, 1.82) is 0 Å². The highest BCUT2D eigenvalue weighted by atomic mass is 35.5. The predicted molar refractivity (Wildman–Crippen MR) is 92.3 cm³/mol. The summed E-state index contributed by atoms with van der Waals surface area (Å²) in [6, 6.07) is 4.50. The fraction of sp³-hybridized carbons (Fsp3) is 0.294. The summed E-state index contributed by atoms with van der Waals surface area (Å²) in [5.41, 5.74) is 5.22. The Labute approximate surface area is 150 Å². The third kappa shape index (κ3) is 4.24. The van der Waals surface area contributed by atoms with Crippen molar-refractivity contribution in [3.05, 3.63) is 45.9 Å². The highest BCUT2D eigenvalue weighted by molar-refractivity contribution is 6.32. The molecule has 8 heteroatoms. The van der Waals surface area contributed by atoms with Gasteiger partial charge < -0.3 is 13.9 Å². The van der Waals surface area contributed by atoms with Crippen LogP contribution in [0.2, 0.25) is 5.02 Å². The molecule has 2 N–H and O–H groups in total. The van der Waals surface area contributed by atoms with E-state index in [1.165, 1.54) is 19.2 Å². The zero-order chi connectivity index (χ0) is 18.6. The number of nitrogens with one attached hydrogen (secondary N) is 2. The van der Waals surface area contributed by atoms with E-state index in [-0.39, 0.29) is 10.6 Å². The number of hydrazine groups is 1. The van der Waals surface area contributed by atoms with Crippen molar-refractivity contribution >= 4 is 23.4 Å². The first-order valence-corrected chi connectivity index (χ1v) is 7.93. The SMILES string of the molecule is CCOc1c(Cl)cc(C(=O)NNC(=O)c2cc(C)oc2C)cc1OC. The highest BCUT2D eigenvalue weighted by Gasteiger charge is 2.18. The maximum Gasteiger partial charge on any atom is 0.273 e. The number of amides is 2. The molecule has 1 aromatic carbocycles. The van der Waals surface area contributed by atoms with Crippen molar-refractivity contribution in [2.24, 2.45) is 0 Å². The van der Waals surface area contributed by atoms with Crippen LogP contribution in [0.5, 0.6) is 11.5 Å². The molecule has 1 aromatic heterocycles. The molecule has 0 fully saturated rings. The lowest BCUT2D eigenvalue weighted by Crippen LogP contribution is -2.41. The summed E-state index contributed by atoms with van der Waals surface area (Å²) in [6.07, 6.45) is 0. The van der Waals surface area contributed by atoms with Crippen LogP contribution in [-0.4, -0.2) is 25.5 Å². The molecule has 0 unspecified atom stereocenters. The van der Waals surface area contributed by atoms with Crippen molar-refractivity contribution < 1.29 is 23.5 Å². The van der Waals surface area contributed by atoms with Gasteiger partial charge in [-0.15, -0.1) is 0 Å². The van der Waals surface area contributed by atoms with E-state index in [0.29, 0.717) is 35.2 Å². The van der Waals surface area contributed by atoms with Crippen LogP contribution in [-0.2, 0) is 0 Å². The largest absolute Gasteiger partial charge is 0.493 e. The first kappa shape index (κ1) is 18.7. The number of hydrogen-bond acceptors (Lipinski definition) is 5. The topological polar surface area (TPSA) is 89.8 Å². The van der Waals surface area contributed by atoms with Crippen LogP contribution in [0.3, 0.4) is 0 Å². The molecule has 0 atom stereocenters. The van der Waals surface area contributed by atoms with Crippen LogP contribution in [0.25, 0.3) is 0 Å². The second kappa shape index (κ2) is 7.94. The second-order valence-corrected chi connectivity index (χ2v) is 5.56. The van der Waals surface area contributed by atoms with Gasteiger partial charge in [-0.25, -0.2) is 0 Å². The minimum atomic E-state index is -0.547. The van der Waals surface area contributed by atoms with Crippen molar-refractivity contribution in [1.82, 2.24) is 10.9 Å². The molecule has 134 valence electrons. The standard InChI is InChI=1S/C17H19ClN2O5/c1-5-24-15-13(18)7-11(8-14(15)23-4)16(21)19-20-17(22)12-6-9(2)25-10(12)3/h6-8H,5H2,1-4H3,(H,19,21)(H,20,22). The Morgan fingerprint density at radius 3 is 2.40 bits per heavy atom. The van der Waals surface area contributed by atoms with Crippen LogP contribution < -0.4 is 20.3 Å².